The van der Waals surface area contributed by atoms with Crippen LogP contribution in [-0.2, 0) is 17.4 Å². The molecule has 220 valence electrons. The summed E-state index contributed by atoms with van der Waals surface area (Å²) in [6.07, 6.45) is 1.83. The molecule has 40 heavy (non-hydrogen) atoms. The van der Waals surface area contributed by atoms with Crippen molar-refractivity contribution in [1.82, 2.24) is 9.78 Å². The number of benzene rings is 2. The van der Waals surface area contributed by atoms with E-state index in [1.54, 1.807) is 4.68 Å². The molecule has 2 aliphatic carbocycles. The summed E-state index contributed by atoms with van der Waals surface area (Å²) in [5.41, 5.74) is 7.76. The van der Waals surface area contributed by atoms with E-state index in [9.17, 15) is 22.8 Å². The maximum Gasteiger partial charge on any atom is 0.416 e. The van der Waals surface area contributed by atoms with Crippen LogP contribution in [0.5, 0.6) is 0 Å². The minimum Gasteiger partial charge on any atom is -0.481 e. The van der Waals surface area contributed by atoms with Crippen LogP contribution in [0.2, 0.25) is 0 Å². The maximum atomic E-state index is 12.7. The third kappa shape index (κ3) is 7.43. The van der Waals surface area contributed by atoms with E-state index >= 15 is 0 Å². The van der Waals surface area contributed by atoms with Gasteiger partial charge in [-0.1, -0.05) is 58.4 Å². The Morgan fingerprint density at radius 3 is 2.05 bits per heavy atom. The number of hydrogen-bond donors (Lipinski definition) is 2. The van der Waals surface area contributed by atoms with Gasteiger partial charge in [-0.15, -0.1) is 0 Å². The van der Waals surface area contributed by atoms with E-state index < -0.39 is 23.6 Å². The zero-order valence-corrected chi connectivity index (χ0v) is 24.3. The molecule has 0 saturated heterocycles. The monoisotopic (exact) mass is 561 g/mol. The van der Waals surface area contributed by atoms with Crippen LogP contribution in [0.4, 0.5) is 13.2 Å². The van der Waals surface area contributed by atoms with Gasteiger partial charge in [-0.2, -0.15) is 18.3 Å². The van der Waals surface area contributed by atoms with Gasteiger partial charge < -0.3 is 10.8 Å². The number of nitrogens with two attached hydrogens (primary N) is 1. The summed E-state index contributed by atoms with van der Waals surface area (Å²) in [5, 5.41) is 13.6. The average molecular weight is 562 g/mol. The van der Waals surface area contributed by atoms with Crippen LogP contribution >= 0.6 is 0 Å². The average Bonchev–Trinajstić information content (AvgIpc) is 3.26. The first kappa shape index (κ1) is 32.8. The van der Waals surface area contributed by atoms with Crippen molar-refractivity contribution in [3.05, 3.63) is 64.8 Å². The van der Waals surface area contributed by atoms with Crippen LogP contribution in [0.1, 0.15) is 107 Å². The number of hydrogen-bond acceptors (Lipinski definition) is 3. The molecule has 0 bridgehead atoms. The van der Waals surface area contributed by atoms with Crippen molar-refractivity contribution >= 4 is 22.8 Å². The van der Waals surface area contributed by atoms with Crippen molar-refractivity contribution in [2.24, 2.45) is 17.1 Å². The fourth-order valence-corrected chi connectivity index (χ4v) is 5.25. The number of aromatic nitrogens is 2. The Bertz CT molecular complexity index is 1270. The number of carboxylic acids is 1. The van der Waals surface area contributed by atoms with Gasteiger partial charge in [0, 0.05) is 11.4 Å². The molecular formula is C31H42F3N3O3. The lowest BCUT2D eigenvalue weighted by molar-refractivity contribution is -0.154. The number of carbonyl (C=O) groups excluding carboxylic acids is 1. The Labute approximate surface area is 234 Å². The van der Waals surface area contributed by atoms with E-state index in [0.717, 1.165) is 36.1 Å². The summed E-state index contributed by atoms with van der Waals surface area (Å²) in [6.45, 7) is 11.9. The third-order valence-electron chi connectivity index (χ3n) is 7.34. The minimum absolute atomic E-state index is 0.000278. The number of rotatable bonds is 5. The number of carboxylic acid groups (broad SMARTS) is 1. The van der Waals surface area contributed by atoms with E-state index in [-0.39, 0.29) is 17.7 Å². The molecule has 9 heteroatoms. The number of halogens is 3. The van der Waals surface area contributed by atoms with Crippen LogP contribution in [0.25, 0.3) is 10.9 Å². The third-order valence-corrected chi connectivity index (χ3v) is 7.34. The molecule has 6 nitrogen and oxygen atoms in total. The second kappa shape index (κ2) is 13.8. The van der Waals surface area contributed by atoms with Gasteiger partial charge in [0.05, 0.1) is 17.0 Å². The lowest BCUT2D eigenvalue weighted by Crippen LogP contribution is -2.45. The molecule has 3 aromatic rings. The van der Waals surface area contributed by atoms with E-state index in [1.807, 2.05) is 59.7 Å². The highest BCUT2D eigenvalue weighted by Crippen LogP contribution is 2.58. The summed E-state index contributed by atoms with van der Waals surface area (Å²) in [7, 11) is 0. The summed E-state index contributed by atoms with van der Waals surface area (Å²) in [5.74, 6) is -1.22. The first-order chi connectivity index (χ1) is 18.9. The molecule has 3 N–H and O–H groups in total. The van der Waals surface area contributed by atoms with Crippen molar-refractivity contribution in [1.29, 1.82) is 0 Å². The fraction of sp³-hybridized carbons (Fsp3) is 0.516. The first-order valence-corrected chi connectivity index (χ1v) is 14.1. The van der Waals surface area contributed by atoms with Gasteiger partial charge in [0.25, 0.3) is 5.91 Å². The molecule has 0 atom stereocenters. The molecule has 2 aromatic carbocycles. The first-order valence-electron chi connectivity index (χ1n) is 14.1. The molecule has 1 amide bonds. The normalized spacial score (nSPS) is 15.4. The van der Waals surface area contributed by atoms with E-state index in [0.29, 0.717) is 22.8 Å². The van der Waals surface area contributed by atoms with Gasteiger partial charge in [-0.25, -0.2) is 0 Å². The SMILES string of the molecule is CC.CC.CC(C)n1nc(C(N)=O)c2c(Cc3ccc(C(F)(F)F)cc3)cccc21.O=C(O)C1CC2(CCC2)C1. The Balaban J connectivity index is 0.000000331. The molecule has 1 spiro atoms. The summed E-state index contributed by atoms with van der Waals surface area (Å²) in [4.78, 5) is 22.2. The number of nitrogens with zero attached hydrogens (tertiary/aromatic N) is 2. The Morgan fingerprint density at radius 1 is 1.05 bits per heavy atom. The lowest BCUT2D eigenvalue weighted by atomic mass is 9.52. The predicted molar refractivity (Wildman–Crippen MR) is 152 cm³/mol. The van der Waals surface area contributed by atoms with Crippen molar-refractivity contribution in [2.45, 2.75) is 92.3 Å². The highest BCUT2D eigenvalue weighted by Gasteiger charge is 2.50. The van der Waals surface area contributed by atoms with Gasteiger partial charge in [0.2, 0.25) is 0 Å². The van der Waals surface area contributed by atoms with Crippen molar-refractivity contribution in [3.8, 4) is 0 Å². The molecular weight excluding hydrogens is 519 g/mol. The molecule has 0 aliphatic heterocycles. The standard InChI is InChI=1S/C19H18F3N3O.C8H12O2.2C2H6/c1-11(2)25-15-5-3-4-13(16(15)17(24-25)18(23)26)10-12-6-8-14(9-7-12)19(20,21)22;9-7(10)6-4-8(5-6)2-1-3-8;2*1-2/h3-9,11H,10H2,1-2H3,(H2,23,26);6H,1-5H2,(H,9,10);2*1-2H3. The van der Waals surface area contributed by atoms with Crippen LogP contribution in [0.15, 0.2) is 42.5 Å². The quantitative estimate of drug-likeness (QED) is 0.329. The van der Waals surface area contributed by atoms with Crippen LogP contribution < -0.4 is 5.73 Å². The van der Waals surface area contributed by atoms with Crippen molar-refractivity contribution in [3.63, 3.8) is 0 Å². The topological polar surface area (TPSA) is 98.2 Å². The van der Waals surface area contributed by atoms with Crippen molar-refractivity contribution < 1.29 is 27.9 Å². The molecule has 2 saturated carbocycles. The van der Waals surface area contributed by atoms with E-state index in [4.69, 9.17) is 10.8 Å². The predicted octanol–water partition coefficient (Wildman–Crippen LogP) is 8.03. The van der Waals surface area contributed by atoms with Gasteiger partial charge in [0.15, 0.2) is 5.69 Å². The summed E-state index contributed by atoms with van der Waals surface area (Å²) < 4.78 is 39.9. The number of amides is 1. The fourth-order valence-electron chi connectivity index (χ4n) is 5.25. The molecule has 1 aromatic heterocycles. The molecule has 0 unspecified atom stereocenters. The second-order valence-electron chi connectivity index (χ2n) is 10.2. The van der Waals surface area contributed by atoms with Gasteiger partial charge >= 0.3 is 12.1 Å². The number of fused-ring (bicyclic) bond motifs is 1. The summed E-state index contributed by atoms with van der Waals surface area (Å²) in [6, 6.07) is 10.6. The van der Waals surface area contributed by atoms with E-state index in [1.165, 1.54) is 31.4 Å². The number of alkyl halides is 3. The maximum absolute atomic E-state index is 12.7. The van der Waals surface area contributed by atoms with Gasteiger partial charge in [-0.3, -0.25) is 14.3 Å². The number of carbonyl (C=O) groups is 2. The lowest BCUT2D eigenvalue weighted by Gasteiger charge is -2.52. The summed E-state index contributed by atoms with van der Waals surface area (Å²) >= 11 is 0. The van der Waals surface area contributed by atoms with Crippen LogP contribution in [0.3, 0.4) is 0 Å². The number of primary amides is 1. The molecule has 0 radical (unpaired) electrons. The Kier molecular flexibility index (Phi) is 11.3. The van der Waals surface area contributed by atoms with E-state index in [2.05, 4.69) is 5.10 Å². The zero-order valence-electron chi connectivity index (χ0n) is 24.3. The molecule has 1 heterocycles. The highest BCUT2D eigenvalue weighted by atomic mass is 19.4. The Morgan fingerprint density at radius 2 is 1.62 bits per heavy atom. The van der Waals surface area contributed by atoms with Crippen molar-refractivity contribution in [2.75, 3.05) is 0 Å². The largest absolute Gasteiger partial charge is 0.481 e. The molecule has 2 aliphatic rings. The highest BCUT2D eigenvalue weighted by molar-refractivity contribution is 6.05. The Hall–Kier alpha value is -3.36. The number of aliphatic carboxylic acids is 1. The van der Waals surface area contributed by atoms with Gasteiger partial charge in [0.1, 0.15) is 0 Å². The minimum atomic E-state index is -4.36. The van der Waals surface area contributed by atoms with Crippen LogP contribution in [0, 0.1) is 11.3 Å². The smallest absolute Gasteiger partial charge is 0.416 e. The van der Waals surface area contributed by atoms with Crippen LogP contribution in [-0.4, -0.2) is 26.8 Å². The molecule has 2 fully saturated rings. The van der Waals surface area contributed by atoms with Gasteiger partial charge in [-0.05, 0) is 80.7 Å². The zero-order chi connectivity index (χ0) is 30.3. The molecule has 5 rings (SSSR count). The second-order valence-corrected chi connectivity index (χ2v) is 10.2.